The maximum absolute atomic E-state index is 12.3. The van der Waals surface area contributed by atoms with Gasteiger partial charge in [0.2, 0.25) is 0 Å². The number of benzene rings is 2. The summed E-state index contributed by atoms with van der Waals surface area (Å²) in [5, 5.41) is 11.1. The first-order valence-electron chi connectivity index (χ1n) is 8.51. The summed E-state index contributed by atoms with van der Waals surface area (Å²) in [5.41, 5.74) is 0.436. The second-order valence-corrected chi connectivity index (χ2v) is 5.87. The number of ether oxygens (including phenoxy) is 2. The Labute approximate surface area is 159 Å². The van der Waals surface area contributed by atoms with E-state index < -0.39 is 10.9 Å². The highest BCUT2D eigenvalue weighted by Gasteiger charge is 2.08. The summed E-state index contributed by atoms with van der Waals surface area (Å²) in [6.45, 7) is 0.185. The van der Waals surface area contributed by atoms with Crippen LogP contribution in [-0.2, 0) is 16.1 Å². The van der Waals surface area contributed by atoms with Crippen LogP contribution in [0.5, 0.6) is 5.75 Å². The largest absolute Gasteiger partial charge is 0.482 e. The zero-order valence-corrected chi connectivity index (χ0v) is 14.8. The van der Waals surface area contributed by atoms with Gasteiger partial charge in [-0.2, -0.15) is 0 Å². The number of non-ortho nitro benzene ring substituents is 1. The first kappa shape index (κ1) is 19.0. The summed E-state index contributed by atoms with van der Waals surface area (Å²) in [7, 11) is 0. The van der Waals surface area contributed by atoms with Gasteiger partial charge >= 0.3 is 5.97 Å². The predicted octanol–water partition coefficient (Wildman–Crippen LogP) is 2.32. The molecule has 0 fully saturated rings. The van der Waals surface area contributed by atoms with E-state index in [1.165, 1.54) is 35.2 Å². The van der Waals surface area contributed by atoms with Gasteiger partial charge < -0.3 is 9.47 Å². The summed E-state index contributed by atoms with van der Waals surface area (Å²) in [4.78, 5) is 38.3. The molecule has 0 spiro atoms. The lowest BCUT2D eigenvalue weighted by Gasteiger charge is -2.08. The Morgan fingerprint density at radius 1 is 1.14 bits per heavy atom. The minimum Gasteiger partial charge on any atom is -0.482 e. The average Bonchev–Trinajstić information content (AvgIpc) is 2.71. The van der Waals surface area contributed by atoms with E-state index in [1.54, 1.807) is 18.2 Å². The maximum Gasteiger partial charge on any atom is 0.344 e. The van der Waals surface area contributed by atoms with Crippen LogP contribution in [0.2, 0.25) is 0 Å². The number of para-hydroxylation sites is 1. The number of hydrogen-bond donors (Lipinski definition) is 0. The third kappa shape index (κ3) is 4.70. The van der Waals surface area contributed by atoms with Gasteiger partial charge in [0.15, 0.2) is 6.61 Å². The molecule has 0 saturated heterocycles. The molecule has 0 aliphatic heterocycles. The van der Waals surface area contributed by atoms with Crippen molar-refractivity contribution < 1.29 is 19.2 Å². The molecule has 0 unspecified atom stereocenters. The summed E-state index contributed by atoms with van der Waals surface area (Å²) in [6, 6.07) is 12.5. The van der Waals surface area contributed by atoms with E-state index in [4.69, 9.17) is 9.47 Å². The number of nitro groups is 1. The van der Waals surface area contributed by atoms with E-state index in [2.05, 4.69) is 4.98 Å². The number of aryl methyl sites for hydroxylation is 1. The van der Waals surface area contributed by atoms with Gasteiger partial charge in [-0.15, -0.1) is 0 Å². The van der Waals surface area contributed by atoms with Crippen LogP contribution in [0, 0.1) is 10.1 Å². The van der Waals surface area contributed by atoms with Gasteiger partial charge in [-0.1, -0.05) is 12.1 Å². The Hall–Kier alpha value is -3.75. The number of rotatable bonds is 8. The van der Waals surface area contributed by atoms with E-state index in [0.29, 0.717) is 29.6 Å². The van der Waals surface area contributed by atoms with Crippen molar-refractivity contribution in [3.8, 4) is 5.75 Å². The van der Waals surface area contributed by atoms with E-state index in [1.807, 2.05) is 6.07 Å². The number of aromatic nitrogens is 2. The van der Waals surface area contributed by atoms with Gasteiger partial charge in [-0.3, -0.25) is 19.5 Å². The molecule has 0 saturated carbocycles. The molecular formula is C19H17N3O6. The molecule has 1 aromatic heterocycles. The van der Waals surface area contributed by atoms with Gasteiger partial charge in [-0.25, -0.2) is 9.78 Å². The summed E-state index contributed by atoms with van der Waals surface area (Å²) < 4.78 is 11.8. The first-order valence-corrected chi connectivity index (χ1v) is 8.51. The molecule has 0 amide bonds. The minimum atomic E-state index is -0.567. The highest BCUT2D eigenvalue weighted by Crippen LogP contribution is 2.17. The third-order valence-electron chi connectivity index (χ3n) is 3.94. The quantitative estimate of drug-likeness (QED) is 0.254. The Balaban J connectivity index is 1.42. The second kappa shape index (κ2) is 8.76. The van der Waals surface area contributed by atoms with Crippen molar-refractivity contribution in [2.75, 3.05) is 13.2 Å². The maximum atomic E-state index is 12.3. The standard InChI is InChI=1S/C19H17N3O6/c23-18(12-28-15-8-6-14(7-9-15)22(25)26)27-11-3-10-21-13-20-17-5-2-1-4-16(17)19(21)24/h1-2,4-9,13H,3,10-12H2. The first-order chi connectivity index (χ1) is 13.5. The number of carbonyl (C=O) groups excluding carboxylic acids is 1. The Bertz CT molecular complexity index is 1050. The smallest absolute Gasteiger partial charge is 0.344 e. The van der Waals surface area contributed by atoms with Crippen LogP contribution in [0.1, 0.15) is 6.42 Å². The highest BCUT2D eigenvalue weighted by atomic mass is 16.6. The minimum absolute atomic E-state index is 0.0617. The monoisotopic (exact) mass is 383 g/mol. The molecule has 9 nitrogen and oxygen atoms in total. The van der Waals surface area contributed by atoms with Crippen molar-refractivity contribution in [2.24, 2.45) is 0 Å². The van der Waals surface area contributed by atoms with Crippen LogP contribution in [0.15, 0.2) is 59.7 Å². The number of fused-ring (bicyclic) bond motifs is 1. The van der Waals surface area contributed by atoms with E-state index in [-0.39, 0.29) is 24.5 Å². The normalized spacial score (nSPS) is 10.6. The van der Waals surface area contributed by atoms with Gasteiger partial charge in [-0.05, 0) is 30.7 Å². The molecule has 3 rings (SSSR count). The Morgan fingerprint density at radius 2 is 1.89 bits per heavy atom. The molecule has 144 valence electrons. The lowest BCUT2D eigenvalue weighted by atomic mass is 10.2. The Morgan fingerprint density at radius 3 is 2.64 bits per heavy atom. The molecule has 0 bridgehead atoms. The summed E-state index contributed by atoms with van der Waals surface area (Å²) in [5.74, 6) is -0.237. The van der Waals surface area contributed by atoms with Crippen molar-refractivity contribution in [1.82, 2.24) is 9.55 Å². The van der Waals surface area contributed by atoms with Gasteiger partial charge in [0.1, 0.15) is 5.75 Å². The van der Waals surface area contributed by atoms with Crippen molar-refractivity contribution in [3.63, 3.8) is 0 Å². The Kier molecular flexibility index (Phi) is 5.95. The van der Waals surface area contributed by atoms with Gasteiger partial charge in [0, 0.05) is 18.7 Å². The van der Waals surface area contributed by atoms with Crippen LogP contribution in [0.3, 0.4) is 0 Å². The zero-order chi connectivity index (χ0) is 19.9. The number of nitro benzene ring substituents is 1. The fourth-order valence-corrected chi connectivity index (χ4v) is 2.53. The topological polar surface area (TPSA) is 114 Å². The van der Waals surface area contributed by atoms with E-state index in [0.717, 1.165) is 0 Å². The van der Waals surface area contributed by atoms with Crippen LogP contribution in [0.4, 0.5) is 5.69 Å². The molecule has 3 aromatic rings. The van der Waals surface area contributed by atoms with Crippen LogP contribution in [0.25, 0.3) is 10.9 Å². The SMILES string of the molecule is O=C(COc1ccc([N+](=O)[O-])cc1)OCCCn1cnc2ccccc2c1=O. The fraction of sp³-hybridized carbons (Fsp3) is 0.211. The van der Waals surface area contributed by atoms with Crippen molar-refractivity contribution in [2.45, 2.75) is 13.0 Å². The molecule has 0 aliphatic rings. The van der Waals surface area contributed by atoms with Gasteiger partial charge in [0.25, 0.3) is 11.2 Å². The highest BCUT2D eigenvalue weighted by molar-refractivity contribution is 5.76. The molecule has 0 N–H and O–H groups in total. The lowest BCUT2D eigenvalue weighted by molar-refractivity contribution is -0.384. The van der Waals surface area contributed by atoms with E-state index >= 15 is 0 Å². The van der Waals surface area contributed by atoms with Gasteiger partial charge in [0.05, 0.1) is 28.8 Å². The number of carbonyl (C=O) groups is 1. The van der Waals surface area contributed by atoms with Crippen LogP contribution in [-0.4, -0.2) is 33.7 Å². The average molecular weight is 383 g/mol. The second-order valence-electron chi connectivity index (χ2n) is 5.87. The number of esters is 1. The van der Waals surface area contributed by atoms with Crippen molar-refractivity contribution in [3.05, 3.63) is 75.3 Å². The van der Waals surface area contributed by atoms with Crippen LogP contribution >= 0.6 is 0 Å². The lowest BCUT2D eigenvalue weighted by Crippen LogP contribution is -2.22. The van der Waals surface area contributed by atoms with Crippen molar-refractivity contribution >= 4 is 22.6 Å². The molecular weight excluding hydrogens is 366 g/mol. The number of hydrogen-bond acceptors (Lipinski definition) is 7. The van der Waals surface area contributed by atoms with E-state index in [9.17, 15) is 19.7 Å². The molecule has 0 aliphatic carbocycles. The molecule has 0 atom stereocenters. The number of nitrogens with zero attached hydrogens (tertiary/aromatic N) is 3. The fourth-order valence-electron chi connectivity index (χ4n) is 2.53. The predicted molar refractivity (Wildman–Crippen MR) is 100 cm³/mol. The molecule has 0 radical (unpaired) electrons. The van der Waals surface area contributed by atoms with Crippen LogP contribution < -0.4 is 10.3 Å². The summed E-state index contributed by atoms with van der Waals surface area (Å²) >= 11 is 0. The third-order valence-corrected chi connectivity index (χ3v) is 3.94. The summed E-state index contributed by atoms with van der Waals surface area (Å²) in [6.07, 6.45) is 1.92. The molecule has 9 heteroatoms. The zero-order valence-electron chi connectivity index (χ0n) is 14.8. The van der Waals surface area contributed by atoms with Crippen molar-refractivity contribution in [1.29, 1.82) is 0 Å². The molecule has 2 aromatic carbocycles. The molecule has 28 heavy (non-hydrogen) atoms. The molecule has 1 heterocycles.